The second-order valence-electron chi connectivity index (χ2n) is 17.1. The van der Waals surface area contributed by atoms with Gasteiger partial charge >= 0.3 is 0 Å². The second-order valence-corrected chi connectivity index (χ2v) is 18.6. The van der Waals surface area contributed by atoms with Gasteiger partial charge in [-0.15, -0.1) is 11.8 Å². The molecule has 9 aromatic carbocycles. The molecule has 1 aliphatic carbocycles. The number of aromatic nitrogens is 1. The smallest absolute Gasteiger partial charge is 0.0547 e. The largest absolute Gasteiger partial charge is 0.310 e. The molecular formula is C61H44N2S. The van der Waals surface area contributed by atoms with E-state index in [4.69, 9.17) is 0 Å². The molecule has 0 radical (unpaired) electrons. The minimum absolute atomic E-state index is 0.0504. The molecule has 10 aromatic rings. The van der Waals surface area contributed by atoms with Crippen LogP contribution < -0.4 is 4.90 Å². The molecular weight excluding hydrogens is 793 g/mol. The molecule has 0 N–H and O–H groups in total. The van der Waals surface area contributed by atoms with Crippen LogP contribution in [0.2, 0.25) is 0 Å². The third-order valence-electron chi connectivity index (χ3n) is 13.2. The molecule has 1 aliphatic heterocycles. The number of hydrogen-bond donors (Lipinski definition) is 0. The van der Waals surface area contributed by atoms with E-state index < -0.39 is 0 Å². The van der Waals surface area contributed by atoms with Crippen LogP contribution >= 0.6 is 11.8 Å². The van der Waals surface area contributed by atoms with Crippen LogP contribution in [-0.2, 0) is 0 Å². The SMILES string of the molecule is CC12C=CC=CC1c1cc(-n3c4ccccc4c4c(-c5cccc(-c6cccc(N(c7ccc(-c8ccccc8)cc7)c7ccc(-c8ccccc8)cc7)c6)c5)cccc43)ccc1S2. The van der Waals surface area contributed by atoms with E-state index >= 15 is 0 Å². The minimum Gasteiger partial charge on any atom is -0.310 e. The van der Waals surface area contributed by atoms with Crippen molar-refractivity contribution in [3.05, 3.63) is 248 Å². The van der Waals surface area contributed by atoms with E-state index in [1.54, 1.807) is 0 Å². The Labute approximate surface area is 379 Å². The van der Waals surface area contributed by atoms with Gasteiger partial charge in [-0.3, -0.25) is 0 Å². The van der Waals surface area contributed by atoms with Crippen LogP contribution in [0.5, 0.6) is 0 Å². The van der Waals surface area contributed by atoms with Crippen LogP contribution in [-0.4, -0.2) is 9.31 Å². The van der Waals surface area contributed by atoms with Crippen molar-refractivity contribution in [3.8, 4) is 50.2 Å². The zero-order valence-corrected chi connectivity index (χ0v) is 36.3. The van der Waals surface area contributed by atoms with E-state index in [2.05, 4.69) is 259 Å². The third kappa shape index (κ3) is 6.60. The first-order chi connectivity index (χ1) is 31.6. The van der Waals surface area contributed by atoms with Crippen molar-refractivity contribution >= 4 is 50.6 Å². The number of benzene rings is 9. The maximum atomic E-state index is 2.47. The lowest BCUT2D eigenvalue weighted by molar-refractivity contribution is 0.701. The van der Waals surface area contributed by atoms with Gasteiger partial charge in [-0.25, -0.2) is 0 Å². The lowest BCUT2D eigenvalue weighted by Gasteiger charge is -2.27. The maximum Gasteiger partial charge on any atom is 0.0547 e. The van der Waals surface area contributed by atoms with Crippen LogP contribution in [0.4, 0.5) is 17.1 Å². The topological polar surface area (TPSA) is 8.17 Å². The maximum absolute atomic E-state index is 2.47. The predicted octanol–water partition coefficient (Wildman–Crippen LogP) is 17.0. The molecule has 2 atom stereocenters. The Balaban J connectivity index is 0.940. The molecule has 0 spiro atoms. The van der Waals surface area contributed by atoms with E-state index in [0.29, 0.717) is 5.92 Å². The van der Waals surface area contributed by atoms with Crippen molar-refractivity contribution in [2.75, 3.05) is 4.90 Å². The number of nitrogens with zero attached hydrogens (tertiary/aromatic N) is 2. The molecule has 2 heterocycles. The van der Waals surface area contributed by atoms with Gasteiger partial charge < -0.3 is 9.47 Å². The molecule has 64 heavy (non-hydrogen) atoms. The molecule has 3 heteroatoms. The fraction of sp³-hybridized carbons (Fsp3) is 0.0492. The normalized spacial score (nSPS) is 16.2. The number of rotatable bonds is 8. The molecule has 0 amide bonds. The van der Waals surface area contributed by atoms with E-state index in [-0.39, 0.29) is 4.75 Å². The van der Waals surface area contributed by atoms with Crippen LogP contribution in [0.25, 0.3) is 72.0 Å². The standard InChI is InChI=1S/C61H44N2S/c1-61-38-11-10-25-56(61)55-41-52(36-37-59(55)64-61)63-57-26-9-8-23-54(57)60-53(24-14-27-58(60)63)48-21-12-19-46(39-48)47-20-13-22-51(40-47)62(49-32-28-44(29-33-49)42-15-4-2-5-16-42)50-34-30-45(31-35-50)43-17-6-3-7-18-43/h2-41,56H,1H3. The molecule has 0 saturated heterocycles. The third-order valence-corrected chi connectivity index (χ3v) is 14.6. The summed E-state index contributed by atoms with van der Waals surface area (Å²) < 4.78 is 2.52. The zero-order chi connectivity index (χ0) is 42.6. The van der Waals surface area contributed by atoms with Crippen molar-refractivity contribution in [2.45, 2.75) is 22.5 Å². The first-order valence-corrected chi connectivity index (χ1v) is 22.9. The fourth-order valence-corrected chi connectivity index (χ4v) is 11.4. The molecule has 2 aliphatic rings. The summed E-state index contributed by atoms with van der Waals surface area (Å²) in [5.74, 6) is 0.356. The predicted molar refractivity (Wildman–Crippen MR) is 272 cm³/mol. The summed E-state index contributed by atoms with van der Waals surface area (Å²) in [4.78, 5) is 3.74. The highest BCUT2D eigenvalue weighted by atomic mass is 32.2. The van der Waals surface area contributed by atoms with Gasteiger partial charge in [0.15, 0.2) is 0 Å². The van der Waals surface area contributed by atoms with Gasteiger partial charge in [-0.2, -0.15) is 0 Å². The van der Waals surface area contributed by atoms with Crippen LogP contribution in [0, 0.1) is 0 Å². The van der Waals surface area contributed by atoms with Gasteiger partial charge in [0.05, 0.1) is 11.0 Å². The van der Waals surface area contributed by atoms with Gasteiger partial charge in [-0.05, 0) is 130 Å². The molecule has 0 saturated carbocycles. The highest BCUT2D eigenvalue weighted by Crippen LogP contribution is 2.56. The summed E-state index contributed by atoms with van der Waals surface area (Å²) in [7, 11) is 0. The van der Waals surface area contributed by atoms with Crippen molar-refractivity contribution in [2.24, 2.45) is 0 Å². The van der Waals surface area contributed by atoms with Crippen LogP contribution in [0.15, 0.2) is 248 Å². The first kappa shape index (κ1) is 38.1. The average molecular weight is 837 g/mol. The van der Waals surface area contributed by atoms with E-state index in [1.165, 1.54) is 76.9 Å². The Bertz CT molecular complexity index is 3330. The molecule has 304 valence electrons. The van der Waals surface area contributed by atoms with Gasteiger partial charge in [0.1, 0.15) is 0 Å². The van der Waals surface area contributed by atoms with Gasteiger partial charge in [0.2, 0.25) is 0 Å². The van der Waals surface area contributed by atoms with Crippen LogP contribution in [0.1, 0.15) is 18.4 Å². The average Bonchev–Trinajstić information content (AvgIpc) is 3.86. The number of hydrogen-bond acceptors (Lipinski definition) is 2. The van der Waals surface area contributed by atoms with Crippen molar-refractivity contribution < 1.29 is 0 Å². The lowest BCUT2D eigenvalue weighted by Crippen LogP contribution is -2.22. The second kappa shape index (κ2) is 15.6. The zero-order valence-electron chi connectivity index (χ0n) is 35.5. The number of anilines is 3. The lowest BCUT2D eigenvalue weighted by atomic mass is 9.84. The first-order valence-electron chi connectivity index (χ1n) is 22.1. The van der Waals surface area contributed by atoms with E-state index in [0.717, 1.165) is 22.6 Å². The van der Waals surface area contributed by atoms with Crippen molar-refractivity contribution in [3.63, 3.8) is 0 Å². The molecule has 1 aromatic heterocycles. The Morgan fingerprint density at radius 3 is 1.75 bits per heavy atom. The number of allylic oxidation sites excluding steroid dienone is 3. The summed E-state index contributed by atoms with van der Waals surface area (Å²) >= 11 is 1.98. The molecule has 0 bridgehead atoms. The summed E-state index contributed by atoms with van der Waals surface area (Å²) in [6.45, 7) is 2.37. The molecule has 12 rings (SSSR count). The summed E-state index contributed by atoms with van der Waals surface area (Å²) in [5.41, 5.74) is 17.9. The van der Waals surface area contributed by atoms with Gasteiger partial charge in [0, 0.05) is 49.1 Å². The summed E-state index contributed by atoms with van der Waals surface area (Å²) in [6.07, 6.45) is 9.14. The van der Waals surface area contributed by atoms with E-state index in [9.17, 15) is 0 Å². The Morgan fingerprint density at radius 2 is 1.03 bits per heavy atom. The fourth-order valence-electron chi connectivity index (χ4n) is 10.0. The number of thioether (sulfide) groups is 1. The molecule has 2 unspecified atom stereocenters. The van der Waals surface area contributed by atoms with Crippen molar-refractivity contribution in [1.29, 1.82) is 0 Å². The number of fused-ring (bicyclic) bond motifs is 6. The van der Waals surface area contributed by atoms with Gasteiger partial charge in [0.25, 0.3) is 0 Å². The number of para-hydroxylation sites is 1. The van der Waals surface area contributed by atoms with E-state index in [1.807, 2.05) is 11.8 Å². The monoisotopic (exact) mass is 836 g/mol. The van der Waals surface area contributed by atoms with Gasteiger partial charge in [-0.1, -0.05) is 170 Å². The Morgan fingerprint density at radius 1 is 0.453 bits per heavy atom. The summed E-state index contributed by atoms with van der Waals surface area (Å²) in [6, 6.07) is 79.9. The Kier molecular flexibility index (Phi) is 9.31. The minimum atomic E-state index is 0.0504. The Hall–Kier alpha value is -7.59. The molecule has 2 nitrogen and oxygen atoms in total. The highest BCUT2D eigenvalue weighted by molar-refractivity contribution is 8.01. The van der Waals surface area contributed by atoms with Crippen molar-refractivity contribution in [1.82, 2.24) is 4.57 Å². The quantitative estimate of drug-likeness (QED) is 0.151. The summed E-state index contributed by atoms with van der Waals surface area (Å²) in [5, 5.41) is 2.53. The highest BCUT2D eigenvalue weighted by Gasteiger charge is 2.41. The van der Waals surface area contributed by atoms with Crippen LogP contribution in [0.3, 0.4) is 0 Å². The molecule has 0 fully saturated rings.